The van der Waals surface area contributed by atoms with E-state index in [1.807, 2.05) is 6.92 Å². The zero-order valence-corrected chi connectivity index (χ0v) is 10.2. The third kappa shape index (κ3) is 2.94. The number of hydrogen-bond donors (Lipinski definition) is 0. The van der Waals surface area contributed by atoms with E-state index in [9.17, 15) is 4.79 Å². The van der Waals surface area contributed by atoms with Gasteiger partial charge in [0.15, 0.2) is 0 Å². The minimum absolute atomic E-state index is 0.446. The van der Waals surface area contributed by atoms with Gasteiger partial charge in [-0.2, -0.15) is 0 Å². The predicted octanol–water partition coefficient (Wildman–Crippen LogP) is 3.56. The van der Waals surface area contributed by atoms with Crippen molar-refractivity contribution in [3.8, 4) is 0 Å². The van der Waals surface area contributed by atoms with Crippen LogP contribution in [0.1, 0.15) is 28.4 Å². The van der Waals surface area contributed by atoms with Crippen LogP contribution in [0.2, 0.25) is 5.02 Å². The summed E-state index contributed by atoms with van der Waals surface area (Å²) in [6.07, 6.45) is 0. The van der Waals surface area contributed by atoms with E-state index in [1.54, 1.807) is 19.1 Å². The normalized spacial score (nSPS) is 10.4. The maximum absolute atomic E-state index is 11.0. The topological polar surface area (TPSA) is 26.3 Å². The van der Waals surface area contributed by atoms with Crippen molar-refractivity contribution < 1.29 is 9.53 Å². The largest absolute Gasteiger partial charge is 0.377 e. The van der Waals surface area contributed by atoms with Crippen molar-refractivity contribution in [1.82, 2.24) is 0 Å². The molecule has 0 aliphatic carbocycles. The van der Waals surface area contributed by atoms with Crippen LogP contribution in [-0.4, -0.2) is 11.8 Å². The molecule has 0 aliphatic rings. The third-order valence-electron chi connectivity index (χ3n) is 2.14. The van der Waals surface area contributed by atoms with Gasteiger partial charge in [-0.15, -0.1) is 0 Å². The molecule has 0 aromatic heterocycles. The SMILES string of the molecule is CCOCc1ccc(C(=O)Cl)c(C)c1Cl. The second-order valence-corrected chi connectivity index (χ2v) is 3.84. The van der Waals surface area contributed by atoms with Crippen molar-refractivity contribution in [3.05, 3.63) is 33.8 Å². The molecule has 0 aliphatic heterocycles. The highest BCUT2D eigenvalue weighted by Crippen LogP contribution is 2.25. The second kappa shape index (κ2) is 5.50. The van der Waals surface area contributed by atoms with Gasteiger partial charge in [0.2, 0.25) is 0 Å². The molecule has 0 saturated heterocycles. The van der Waals surface area contributed by atoms with Crippen LogP contribution < -0.4 is 0 Å². The van der Waals surface area contributed by atoms with Crippen LogP contribution in [0.15, 0.2) is 12.1 Å². The molecule has 0 heterocycles. The van der Waals surface area contributed by atoms with Gasteiger partial charge in [-0.05, 0) is 42.6 Å². The fourth-order valence-corrected chi connectivity index (χ4v) is 1.70. The van der Waals surface area contributed by atoms with Crippen LogP contribution in [0.25, 0.3) is 0 Å². The average molecular weight is 247 g/mol. The number of hydrogen-bond acceptors (Lipinski definition) is 2. The lowest BCUT2D eigenvalue weighted by Gasteiger charge is -2.09. The molecule has 0 radical (unpaired) electrons. The number of carbonyl (C=O) groups is 1. The van der Waals surface area contributed by atoms with Gasteiger partial charge < -0.3 is 4.74 Å². The molecule has 82 valence electrons. The number of ether oxygens (including phenoxy) is 1. The summed E-state index contributed by atoms with van der Waals surface area (Å²) in [5, 5.41) is 0.0623. The van der Waals surface area contributed by atoms with Gasteiger partial charge in [0.1, 0.15) is 0 Å². The fraction of sp³-hybridized carbons (Fsp3) is 0.364. The van der Waals surface area contributed by atoms with E-state index in [2.05, 4.69) is 0 Å². The van der Waals surface area contributed by atoms with Crippen molar-refractivity contribution in [2.24, 2.45) is 0 Å². The first-order chi connectivity index (χ1) is 7.07. The summed E-state index contributed by atoms with van der Waals surface area (Å²) >= 11 is 11.5. The molecule has 0 fully saturated rings. The standard InChI is InChI=1S/C11H12Cl2O2/c1-3-15-6-8-4-5-9(11(13)14)7(2)10(8)12/h4-5H,3,6H2,1-2H3. The number of halogens is 2. The summed E-state index contributed by atoms with van der Waals surface area (Å²) in [6, 6.07) is 3.44. The summed E-state index contributed by atoms with van der Waals surface area (Å²) in [7, 11) is 0. The Labute approximate surface area is 99.1 Å². The Kier molecular flexibility index (Phi) is 4.58. The van der Waals surface area contributed by atoms with Crippen molar-refractivity contribution in [2.75, 3.05) is 6.61 Å². The third-order valence-corrected chi connectivity index (χ3v) is 2.87. The highest BCUT2D eigenvalue weighted by molar-refractivity contribution is 6.68. The molecule has 0 N–H and O–H groups in total. The first kappa shape index (κ1) is 12.5. The maximum Gasteiger partial charge on any atom is 0.252 e. The van der Waals surface area contributed by atoms with Crippen molar-refractivity contribution in [3.63, 3.8) is 0 Å². The molecule has 4 heteroatoms. The molecular formula is C11H12Cl2O2. The van der Waals surface area contributed by atoms with Gasteiger partial charge >= 0.3 is 0 Å². The van der Waals surface area contributed by atoms with Crippen LogP contribution >= 0.6 is 23.2 Å². The van der Waals surface area contributed by atoms with Crippen LogP contribution in [0.3, 0.4) is 0 Å². The quantitative estimate of drug-likeness (QED) is 0.760. The molecule has 1 aromatic rings. The lowest BCUT2D eigenvalue weighted by Crippen LogP contribution is -1.99. The smallest absolute Gasteiger partial charge is 0.252 e. The molecule has 1 rings (SSSR count). The van der Waals surface area contributed by atoms with Crippen molar-refractivity contribution in [2.45, 2.75) is 20.5 Å². The molecule has 0 bridgehead atoms. The lowest BCUT2D eigenvalue weighted by atomic mass is 10.1. The van der Waals surface area contributed by atoms with E-state index in [0.29, 0.717) is 29.4 Å². The van der Waals surface area contributed by atoms with Gasteiger partial charge in [0.05, 0.1) is 6.61 Å². The van der Waals surface area contributed by atoms with E-state index in [-0.39, 0.29) is 0 Å². The summed E-state index contributed by atoms with van der Waals surface area (Å²) in [5.41, 5.74) is 2.02. The van der Waals surface area contributed by atoms with E-state index < -0.39 is 5.24 Å². The first-order valence-corrected chi connectivity index (χ1v) is 5.39. The maximum atomic E-state index is 11.0. The molecule has 0 unspecified atom stereocenters. The Morgan fingerprint density at radius 3 is 2.67 bits per heavy atom. The number of rotatable bonds is 4. The molecule has 0 atom stereocenters. The van der Waals surface area contributed by atoms with Crippen molar-refractivity contribution >= 4 is 28.4 Å². The zero-order valence-electron chi connectivity index (χ0n) is 8.64. The minimum atomic E-state index is -0.489. The summed E-state index contributed by atoms with van der Waals surface area (Å²) in [4.78, 5) is 11.0. The van der Waals surface area contributed by atoms with Crippen LogP contribution in [-0.2, 0) is 11.3 Å². The molecule has 0 saturated carbocycles. The Balaban J connectivity index is 3.04. The van der Waals surface area contributed by atoms with Gasteiger partial charge in [0.25, 0.3) is 5.24 Å². The van der Waals surface area contributed by atoms with E-state index in [1.165, 1.54) is 0 Å². The average Bonchev–Trinajstić information content (AvgIpc) is 2.20. The van der Waals surface area contributed by atoms with Crippen LogP contribution in [0, 0.1) is 6.92 Å². The lowest BCUT2D eigenvalue weighted by molar-refractivity contribution is 0.108. The molecule has 1 aromatic carbocycles. The van der Waals surface area contributed by atoms with Gasteiger partial charge in [0, 0.05) is 17.2 Å². The van der Waals surface area contributed by atoms with Gasteiger partial charge in [-0.25, -0.2) is 0 Å². The monoisotopic (exact) mass is 246 g/mol. The molecule has 0 amide bonds. The van der Waals surface area contributed by atoms with E-state index in [0.717, 1.165) is 5.56 Å². The molecule has 0 spiro atoms. The Hall–Kier alpha value is -0.570. The molecule has 15 heavy (non-hydrogen) atoms. The van der Waals surface area contributed by atoms with Gasteiger partial charge in [-0.1, -0.05) is 17.7 Å². The zero-order chi connectivity index (χ0) is 11.4. The minimum Gasteiger partial charge on any atom is -0.377 e. The summed E-state index contributed by atoms with van der Waals surface area (Å²) < 4.78 is 5.25. The number of carbonyl (C=O) groups excluding carboxylic acids is 1. The predicted molar refractivity (Wildman–Crippen MR) is 61.7 cm³/mol. The highest BCUT2D eigenvalue weighted by Gasteiger charge is 2.11. The second-order valence-electron chi connectivity index (χ2n) is 3.12. The Bertz CT molecular complexity index is 375. The molecular weight excluding hydrogens is 235 g/mol. The summed E-state index contributed by atoms with van der Waals surface area (Å²) in [6.45, 7) is 4.77. The Morgan fingerprint density at radius 1 is 1.47 bits per heavy atom. The fourth-order valence-electron chi connectivity index (χ4n) is 1.28. The van der Waals surface area contributed by atoms with E-state index in [4.69, 9.17) is 27.9 Å². The van der Waals surface area contributed by atoms with Crippen molar-refractivity contribution in [1.29, 1.82) is 0 Å². The van der Waals surface area contributed by atoms with E-state index >= 15 is 0 Å². The number of benzene rings is 1. The van der Waals surface area contributed by atoms with Crippen LogP contribution in [0.4, 0.5) is 0 Å². The first-order valence-electron chi connectivity index (χ1n) is 4.63. The highest BCUT2D eigenvalue weighted by atomic mass is 35.5. The van der Waals surface area contributed by atoms with Gasteiger partial charge in [-0.3, -0.25) is 4.79 Å². The Morgan fingerprint density at radius 2 is 2.13 bits per heavy atom. The summed E-state index contributed by atoms with van der Waals surface area (Å²) in [5.74, 6) is 0. The molecule has 2 nitrogen and oxygen atoms in total. The van der Waals surface area contributed by atoms with Crippen LogP contribution in [0.5, 0.6) is 0 Å².